The van der Waals surface area contributed by atoms with E-state index >= 15 is 0 Å². The van der Waals surface area contributed by atoms with E-state index < -0.39 is 10.0 Å². The predicted octanol–water partition coefficient (Wildman–Crippen LogP) is 1.73. The summed E-state index contributed by atoms with van der Waals surface area (Å²) in [6.45, 7) is 9.96. The number of hydrogen-bond donors (Lipinski definition) is 2. The molecule has 0 aliphatic heterocycles. The Bertz CT molecular complexity index is 278. The third-order valence-corrected chi connectivity index (χ3v) is 4.69. The molecular weight excluding hydrogens is 236 g/mol. The van der Waals surface area contributed by atoms with Crippen molar-refractivity contribution in [3.63, 3.8) is 0 Å². The summed E-state index contributed by atoms with van der Waals surface area (Å²) in [7, 11) is -3.10. The fourth-order valence-electron chi connectivity index (χ4n) is 1.53. The van der Waals surface area contributed by atoms with Crippen LogP contribution in [0, 0.1) is 5.92 Å². The van der Waals surface area contributed by atoms with E-state index in [1.807, 2.05) is 13.8 Å². The lowest BCUT2D eigenvalue weighted by atomic mass is 10.0. The summed E-state index contributed by atoms with van der Waals surface area (Å²) in [5, 5.41) is 3.19. The van der Waals surface area contributed by atoms with Crippen LogP contribution in [0.4, 0.5) is 0 Å². The first kappa shape index (κ1) is 16.9. The molecule has 0 saturated heterocycles. The highest BCUT2D eigenvalue weighted by molar-refractivity contribution is 7.89. The predicted molar refractivity (Wildman–Crippen MR) is 73.6 cm³/mol. The number of sulfonamides is 1. The van der Waals surface area contributed by atoms with Crippen LogP contribution in [0.5, 0.6) is 0 Å². The first-order chi connectivity index (χ1) is 7.93. The van der Waals surface area contributed by atoms with Gasteiger partial charge in [-0.15, -0.1) is 0 Å². The van der Waals surface area contributed by atoms with Crippen molar-refractivity contribution in [2.45, 2.75) is 53.0 Å². The topological polar surface area (TPSA) is 58.2 Å². The van der Waals surface area contributed by atoms with Gasteiger partial charge in [-0.2, -0.15) is 0 Å². The monoisotopic (exact) mass is 264 g/mol. The molecule has 17 heavy (non-hydrogen) atoms. The molecule has 0 amide bonds. The van der Waals surface area contributed by atoms with Crippen molar-refractivity contribution in [1.82, 2.24) is 10.0 Å². The van der Waals surface area contributed by atoms with E-state index in [9.17, 15) is 8.42 Å². The second kappa shape index (κ2) is 8.89. The van der Waals surface area contributed by atoms with Gasteiger partial charge < -0.3 is 5.32 Å². The standard InChI is InChI=1S/C12H28N2O2S/c1-5-11(3)12(4)14-17(15,16)10-8-7-9-13-6-2/h11-14H,5-10H2,1-4H3. The van der Waals surface area contributed by atoms with Crippen molar-refractivity contribution in [2.75, 3.05) is 18.8 Å². The maximum Gasteiger partial charge on any atom is 0.211 e. The van der Waals surface area contributed by atoms with E-state index in [0.717, 1.165) is 32.4 Å². The molecule has 0 bridgehead atoms. The molecule has 0 heterocycles. The summed E-state index contributed by atoms with van der Waals surface area (Å²) >= 11 is 0. The van der Waals surface area contributed by atoms with Gasteiger partial charge in [0, 0.05) is 6.04 Å². The second-order valence-electron chi connectivity index (χ2n) is 4.67. The molecule has 0 aromatic rings. The Morgan fingerprint density at radius 2 is 1.76 bits per heavy atom. The highest BCUT2D eigenvalue weighted by Gasteiger charge is 2.17. The van der Waals surface area contributed by atoms with E-state index in [1.54, 1.807) is 0 Å². The van der Waals surface area contributed by atoms with Gasteiger partial charge in [-0.1, -0.05) is 27.2 Å². The summed E-state index contributed by atoms with van der Waals surface area (Å²) < 4.78 is 26.3. The van der Waals surface area contributed by atoms with Crippen LogP contribution in [0.15, 0.2) is 0 Å². The molecule has 5 heteroatoms. The van der Waals surface area contributed by atoms with Crippen molar-refractivity contribution in [2.24, 2.45) is 5.92 Å². The van der Waals surface area contributed by atoms with Gasteiger partial charge in [-0.05, 0) is 38.8 Å². The van der Waals surface area contributed by atoms with E-state index in [4.69, 9.17) is 0 Å². The molecule has 0 radical (unpaired) electrons. The average Bonchev–Trinajstić information content (AvgIpc) is 2.26. The molecule has 0 aromatic heterocycles. The molecule has 2 atom stereocenters. The summed E-state index contributed by atoms with van der Waals surface area (Å²) in [5.41, 5.74) is 0. The Labute approximate surface area is 107 Å². The molecule has 2 unspecified atom stereocenters. The van der Waals surface area contributed by atoms with Gasteiger partial charge in [-0.3, -0.25) is 0 Å². The summed E-state index contributed by atoms with van der Waals surface area (Å²) in [6.07, 6.45) is 2.62. The highest BCUT2D eigenvalue weighted by atomic mass is 32.2. The van der Waals surface area contributed by atoms with Gasteiger partial charge in [-0.25, -0.2) is 13.1 Å². The first-order valence-corrected chi connectivity index (χ1v) is 8.28. The Morgan fingerprint density at radius 3 is 2.29 bits per heavy atom. The first-order valence-electron chi connectivity index (χ1n) is 6.63. The maximum absolute atomic E-state index is 11.8. The third kappa shape index (κ3) is 8.57. The minimum absolute atomic E-state index is 0.0266. The average molecular weight is 264 g/mol. The van der Waals surface area contributed by atoms with Crippen LogP contribution in [0.2, 0.25) is 0 Å². The van der Waals surface area contributed by atoms with Crippen LogP contribution in [0.1, 0.15) is 47.0 Å². The number of rotatable bonds is 10. The van der Waals surface area contributed by atoms with Gasteiger partial charge >= 0.3 is 0 Å². The highest BCUT2D eigenvalue weighted by Crippen LogP contribution is 2.08. The van der Waals surface area contributed by atoms with Gasteiger partial charge in [0.25, 0.3) is 0 Å². The molecule has 4 nitrogen and oxygen atoms in total. The van der Waals surface area contributed by atoms with Crippen LogP contribution in [0.25, 0.3) is 0 Å². The van der Waals surface area contributed by atoms with E-state index in [-0.39, 0.29) is 11.8 Å². The molecule has 0 saturated carbocycles. The normalized spacial score (nSPS) is 15.8. The van der Waals surface area contributed by atoms with Crippen LogP contribution >= 0.6 is 0 Å². The zero-order valence-electron chi connectivity index (χ0n) is 11.6. The zero-order chi connectivity index (χ0) is 13.3. The smallest absolute Gasteiger partial charge is 0.211 e. The number of unbranched alkanes of at least 4 members (excludes halogenated alkanes) is 1. The van der Waals surface area contributed by atoms with Crippen molar-refractivity contribution in [1.29, 1.82) is 0 Å². The summed E-state index contributed by atoms with van der Waals surface area (Å²) in [4.78, 5) is 0. The lowest BCUT2D eigenvalue weighted by Crippen LogP contribution is -2.38. The van der Waals surface area contributed by atoms with E-state index in [1.165, 1.54) is 0 Å². The quantitative estimate of drug-likeness (QED) is 0.591. The molecule has 0 fully saturated rings. The van der Waals surface area contributed by atoms with Crippen LogP contribution in [-0.2, 0) is 10.0 Å². The molecule has 0 spiro atoms. The van der Waals surface area contributed by atoms with Crippen molar-refractivity contribution < 1.29 is 8.42 Å². The lowest BCUT2D eigenvalue weighted by molar-refractivity contribution is 0.433. The van der Waals surface area contributed by atoms with Crippen molar-refractivity contribution in [3.05, 3.63) is 0 Å². The number of nitrogens with one attached hydrogen (secondary N) is 2. The van der Waals surface area contributed by atoms with E-state index in [0.29, 0.717) is 5.92 Å². The minimum Gasteiger partial charge on any atom is -0.317 e. The zero-order valence-corrected chi connectivity index (χ0v) is 12.4. The van der Waals surface area contributed by atoms with E-state index in [2.05, 4.69) is 23.9 Å². The van der Waals surface area contributed by atoms with Crippen molar-refractivity contribution in [3.8, 4) is 0 Å². The summed E-state index contributed by atoms with van der Waals surface area (Å²) in [5.74, 6) is 0.616. The molecule has 0 aliphatic rings. The Hall–Kier alpha value is -0.130. The fraction of sp³-hybridized carbons (Fsp3) is 1.00. The number of hydrogen-bond acceptors (Lipinski definition) is 3. The van der Waals surface area contributed by atoms with Crippen LogP contribution in [-0.4, -0.2) is 33.3 Å². The van der Waals surface area contributed by atoms with Gasteiger partial charge in [0.2, 0.25) is 10.0 Å². The third-order valence-electron chi connectivity index (χ3n) is 3.13. The van der Waals surface area contributed by atoms with Crippen molar-refractivity contribution >= 4 is 10.0 Å². The molecule has 104 valence electrons. The summed E-state index contributed by atoms with van der Waals surface area (Å²) in [6, 6.07) is 0.0266. The molecular formula is C12H28N2O2S. The molecule has 0 aromatic carbocycles. The van der Waals surface area contributed by atoms with Gasteiger partial charge in [0.15, 0.2) is 0 Å². The van der Waals surface area contributed by atoms with Gasteiger partial charge in [0.1, 0.15) is 0 Å². The largest absolute Gasteiger partial charge is 0.317 e. The van der Waals surface area contributed by atoms with Gasteiger partial charge in [0.05, 0.1) is 5.75 Å². The Morgan fingerprint density at radius 1 is 1.12 bits per heavy atom. The lowest BCUT2D eigenvalue weighted by Gasteiger charge is -2.19. The van der Waals surface area contributed by atoms with Crippen LogP contribution < -0.4 is 10.0 Å². The minimum atomic E-state index is -3.10. The molecule has 0 rings (SSSR count). The Kier molecular flexibility index (Phi) is 8.82. The SMILES string of the molecule is CCNCCCCS(=O)(=O)NC(C)C(C)CC. The Balaban J connectivity index is 3.87. The fourth-order valence-corrected chi connectivity index (χ4v) is 3.03. The molecule has 0 aliphatic carbocycles. The molecule has 2 N–H and O–H groups in total. The maximum atomic E-state index is 11.8. The second-order valence-corrected chi connectivity index (χ2v) is 6.55. The van der Waals surface area contributed by atoms with Crippen LogP contribution in [0.3, 0.4) is 0 Å².